The predicted octanol–water partition coefficient (Wildman–Crippen LogP) is 4.48. The van der Waals surface area contributed by atoms with Crippen molar-refractivity contribution < 1.29 is 18.0 Å². The molecular weight excluding hydrogens is 341 g/mol. The number of halogens is 3. The lowest BCUT2D eigenvalue weighted by Gasteiger charge is -2.38. The fraction of sp³-hybridized carbons (Fsp3) is 0.650. The molecule has 1 amide bonds. The molecule has 0 saturated heterocycles. The molecule has 6 heteroatoms. The average molecular weight is 368 g/mol. The molecular formula is C20H27F3N2O. The topological polar surface area (TPSA) is 23.6 Å². The average Bonchev–Trinajstić information content (AvgIpc) is 3.32. The lowest BCUT2D eigenvalue weighted by molar-refractivity contribution is -0.154. The van der Waals surface area contributed by atoms with Crippen LogP contribution in [0.25, 0.3) is 0 Å². The van der Waals surface area contributed by atoms with E-state index in [1.54, 1.807) is 4.90 Å². The monoisotopic (exact) mass is 368 g/mol. The van der Waals surface area contributed by atoms with E-state index in [2.05, 4.69) is 18.7 Å². The fourth-order valence-corrected chi connectivity index (χ4v) is 4.42. The van der Waals surface area contributed by atoms with Gasteiger partial charge in [-0.15, -0.1) is 0 Å². The van der Waals surface area contributed by atoms with Crippen LogP contribution in [0, 0.1) is 11.8 Å². The summed E-state index contributed by atoms with van der Waals surface area (Å²) in [6, 6.07) is 9.35. The first-order valence-electron chi connectivity index (χ1n) is 9.57. The van der Waals surface area contributed by atoms with Crippen molar-refractivity contribution in [3.8, 4) is 0 Å². The van der Waals surface area contributed by atoms with Crippen molar-refractivity contribution in [3.05, 3.63) is 30.3 Å². The van der Waals surface area contributed by atoms with Gasteiger partial charge in [0.05, 0.1) is 17.9 Å². The Balaban J connectivity index is 1.89. The summed E-state index contributed by atoms with van der Waals surface area (Å²) in [5.41, 5.74) is 0.717. The van der Waals surface area contributed by atoms with Gasteiger partial charge in [-0.1, -0.05) is 32.0 Å². The van der Waals surface area contributed by atoms with Crippen LogP contribution in [0.1, 0.15) is 39.5 Å². The number of hydrogen-bond acceptors (Lipinski definition) is 2. The summed E-state index contributed by atoms with van der Waals surface area (Å²) in [6.45, 7) is 5.94. The number of likely N-dealkylation sites (N-methyl/N-ethyl adjacent to an activating group) is 1. The van der Waals surface area contributed by atoms with Gasteiger partial charge >= 0.3 is 6.18 Å². The number of para-hydroxylation sites is 1. The molecule has 2 fully saturated rings. The molecule has 2 aliphatic carbocycles. The van der Waals surface area contributed by atoms with Crippen molar-refractivity contribution >= 4 is 11.6 Å². The van der Waals surface area contributed by atoms with Crippen LogP contribution in [0.5, 0.6) is 0 Å². The van der Waals surface area contributed by atoms with Gasteiger partial charge in [-0.05, 0) is 50.9 Å². The van der Waals surface area contributed by atoms with Crippen LogP contribution in [-0.2, 0) is 4.79 Å². The molecule has 0 radical (unpaired) electrons. The summed E-state index contributed by atoms with van der Waals surface area (Å²) >= 11 is 0. The summed E-state index contributed by atoms with van der Waals surface area (Å²) < 4.78 is 39.1. The van der Waals surface area contributed by atoms with Gasteiger partial charge < -0.3 is 4.90 Å². The van der Waals surface area contributed by atoms with Gasteiger partial charge in [0.15, 0.2) is 0 Å². The van der Waals surface area contributed by atoms with Gasteiger partial charge in [0.1, 0.15) is 0 Å². The Labute approximate surface area is 153 Å². The highest BCUT2D eigenvalue weighted by Crippen LogP contribution is 2.51. The van der Waals surface area contributed by atoms with Gasteiger partial charge in [0.2, 0.25) is 5.91 Å². The van der Waals surface area contributed by atoms with Gasteiger partial charge in [-0.2, -0.15) is 13.2 Å². The summed E-state index contributed by atoms with van der Waals surface area (Å²) in [5.74, 6) is -2.76. The summed E-state index contributed by atoms with van der Waals surface area (Å²) in [7, 11) is 0. The minimum absolute atomic E-state index is 0.0562. The Morgan fingerprint density at radius 2 is 1.69 bits per heavy atom. The molecule has 0 heterocycles. The van der Waals surface area contributed by atoms with Crippen LogP contribution < -0.4 is 4.90 Å². The number of nitrogens with zero attached hydrogens (tertiary/aromatic N) is 2. The fourth-order valence-electron chi connectivity index (χ4n) is 4.42. The zero-order valence-electron chi connectivity index (χ0n) is 15.4. The van der Waals surface area contributed by atoms with Crippen LogP contribution in [0.3, 0.4) is 0 Å². The van der Waals surface area contributed by atoms with E-state index in [4.69, 9.17) is 0 Å². The first-order chi connectivity index (χ1) is 12.4. The third kappa shape index (κ3) is 3.75. The van der Waals surface area contributed by atoms with E-state index in [0.29, 0.717) is 0 Å². The first kappa shape index (κ1) is 19.2. The van der Waals surface area contributed by atoms with E-state index in [9.17, 15) is 18.0 Å². The molecule has 144 valence electrons. The molecule has 2 aliphatic rings. The summed E-state index contributed by atoms with van der Waals surface area (Å²) in [5, 5.41) is 0. The lowest BCUT2D eigenvalue weighted by Crippen LogP contribution is -2.52. The molecule has 0 spiro atoms. The number of carbonyl (C=O) groups excluding carboxylic acids is 1. The second-order valence-electron chi connectivity index (χ2n) is 7.32. The number of benzene rings is 1. The van der Waals surface area contributed by atoms with Crippen LogP contribution in [0.2, 0.25) is 0 Å². The molecule has 0 bridgehead atoms. The minimum Gasteiger partial charge on any atom is -0.308 e. The van der Waals surface area contributed by atoms with Crippen molar-refractivity contribution in [2.24, 2.45) is 11.8 Å². The highest BCUT2D eigenvalue weighted by molar-refractivity contribution is 5.97. The number of alkyl halides is 3. The second-order valence-corrected chi connectivity index (χ2v) is 7.32. The van der Waals surface area contributed by atoms with Crippen LogP contribution in [0.4, 0.5) is 18.9 Å². The van der Waals surface area contributed by atoms with Gasteiger partial charge in [-0.25, -0.2) is 0 Å². The normalized spacial score (nSPS) is 28.4. The van der Waals surface area contributed by atoms with E-state index in [1.165, 1.54) is 0 Å². The van der Waals surface area contributed by atoms with Crippen molar-refractivity contribution in [1.82, 2.24) is 4.90 Å². The Morgan fingerprint density at radius 3 is 2.23 bits per heavy atom. The minimum atomic E-state index is -4.28. The number of carbonyl (C=O) groups is 1. The SMILES string of the molecule is CCN(CC)C1CCCC1N(C(=O)C1CC1C(F)(F)F)c1ccccc1. The molecule has 26 heavy (non-hydrogen) atoms. The molecule has 0 aliphatic heterocycles. The van der Waals surface area contributed by atoms with Crippen molar-refractivity contribution in [2.75, 3.05) is 18.0 Å². The largest absolute Gasteiger partial charge is 0.392 e. The molecule has 2 saturated carbocycles. The Kier molecular flexibility index (Phi) is 5.61. The molecule has 0 aromatic heterocycles. The zero-order chi connectivity index (χ0) is 18.9. The Hall–Kier alpha value is -1.56. The standard InChI is InChI=1S/C20H27F3N2O/c1-3-24(4-2)17-11-8-12-18(17)25(14-9-6-5-7-10-14)19(26)15-13-16(15)20(21,22)23/h5-7,9-10,15-18H,3-4,8,11-13H2,1-2H3. The van der Waals surface area contributed by atoms with Gasteiger partial charge in [0.25, 0.3) is 0 Å². The first-order valence-corrected chi connectivity index (χ1v) is 9.57. The lowest BCUT2D eigenvalue weighted by atomic mass is 10.1. The van der Waals surface area contributed by atoms with E-state index in [1.807, 2.05) is 30.3 Å². The molecule has 0 N–H and O–H groups in total. The van der Waals surface area contributed by atoms with Gasteiger partial charge in [-0.3, -0.25) is 9.69 Å². The maximum Gasteiger partial charge on any atom is 0.392 e. The van der Waals surface area contributed by atoms with E-state index in [0.717, 1.165) is 38.0 Å². The summed E-state index contributed by atoms with van der Waals surface area (Å²) in [4.78, 5) is 17.1. The molecule has 1 aromatic carbocycles. The summed E-state index contributed by atoms with van der Waals surface area (Å²) in [6.07, 6.45) is -1.54. The van der Waals surface area contributed by atoms with E-state index in [-0.39, 0.29) is 24.4 Å². The highest BCUT2D eigenvalue weighted by Gasteiger charge is 2.60. The smallest absolute Gasteiger partial charge is 0.308 e. The van der Waals surface area contributed by atoms with Crippen molar-refractivity contribution in [1.29, 1.82) is 0 Å². The second kappa shape index (κ2) is 7.59. The van der Waals surface area contributed by atoms with Crippen molar-refractivity contribution in [2.45, 2.75) is 57.8 Å². The molecule has 4 unspecified atom stereocenters. The maximum atomic E-state index is 13.1. The quantitative estimate of drug-likeness (QED) is 0.739. The number of anilines is 1. The van der Waals surface area contributed by atoms with Gasteiger partial charge in [0, 0.05) is 11.7 Å². The number of rotatable bonds is 6. The van der Waals surface area contributed by atoms with Crippen LogP contribution >= 0.6 is 0 Å². The molecule has 3 nitrogen and oxygen atoms in total. The third-order valence-electron chi connectivity index (χ3n) is 5.86. The molecule has 3 rings (SSSR count). The van der Waals surface area contributed by atoms with E-state index >= 15 is 0 Å². The highest BCUT2D eigenvalue weighted by atomic mass is 19.4. The predicted molar refractivity (Wildman–Crippen MR) is 95.9 cm³/mol. The zero-order valence-corrected chi connectivity index (χ0v) is 15.4. The Morgan fingerprint density at radius 1 is 1.08 bits per heavy atom. The Bertz CT molecular complexity index is 615. The number of amides is 1. The maximum absolute atomic E-state index is 13.1. The third-order valence-corrected chi connectivity index (χ3v) is 5.86. The van der Waals surface area contributed by atoms with Crippen molar-refractivity contribution in [3.63, 3.8) is 0 Å². The van der Waals surface area contributed by atoms with Crippen LogP contribution in [0.15, 0.2) is 30.3 Å². The molecule has 4 atom stereocenters. The molecule has 1 aromatic rings. The number of hydrogen-bond donors (Lipinski definition) is 0. The van der Waals surface area contributed by atoms with Crippen LogP contribution in [-0.4, -0.2) is 42.2 Å². The van der Waals surface area contributed by atoms with E-state index < -0.39 is 18.0 Å².